The molecule has 1 fully saturated rings. The van der Waals surface area contributed by atoms with Crippen molar-refractivity contribution in [1.82, 2.24) is 4.90 Å². The molecular weight excluding hydrogens is 250 g/mol. The number of primary amides is 1. The van der Waals surface area contributed by atoms with Crippen LogP contribution in [0.3, 0.4) is 0 Å². The summed E-state index contributed by atoms with van der Waals surface area (Å²) in [5.41, 5.74) is 13.1. The third-order valence-electron chi connectivity index (χ3n) is 4.26. The molecule has 1 aliphatic rings. The van der Waals surface area contributed by atoms with Gasteiger partial charge < -0.3 is 11.5 Å². The Kier molecular flexibility index (Phi) is 5.15. The summed E-state index contributed by atoms with van der Waals surface area (Å²) in [5.74, 6) is -0.362. The fourth-order valence-corrected chi connectivity index (χ4v) is 3.02. The van der Waals surface area contributed by atoms with Gasteiger partial charge in [0.1, 0.15) is 0 Å². The first-order chi connectivity index (χ1) is 9.60. The Hall–Kier alpha value is -1.39. The molecule has 0 atom stereocenters. The van der Waals surface area contributed by atoms with E-state index in [4.69, 9.17) is 11.5 Å². The van der Waals surface area contributed by atoms with Crippen molar-refractivity contribution < 1.29 is 4.79 Å². The third-order valence-corrected chi connectivity index (χ3v) is 4.26. The molecule has 0 radical (unpaired) electrons. The van der Waals surface area contributed by atoms with Crippen molar-refractivity contribution in [2.45, 2.75) is 51.2 Å². The fourth-order valence-electron chi connectivity index (χ4n) is 3.02. The van der Waals surface area contributed by atoms with Crippen molar-refractivity contribution in [1.29, 1.82) is 0 Å². The topological polar surface area (TPSA) is 72.3 Å². The van der Waals surface area contributed by atoms with E-state index in [1.807, 2.05) is 12.1 Å². The molecule has 0 unspecified atom stereocenters. The third kappa shape index (κ3) is 3.81. The monoisotopic (exact) mass is 275 g/mol. The maximum atomic E-state index is 11.2. The first-order valence-electron chi connectivity index (χ1n) is 7.48. The van der Waals surface area contributed by atoms with Crippen LogP contribution in [0.15, 0.2) is 24.3 Å². The maximum Gasteiger partial charge on any atom is 0.248 e. The number of hydrogen-bond donors (Lipinski definition) is 2. The van der Waals surface area contributed by atoms with E-state index in [-0.39, 0.29) is 5.91 Å². The van der Waals surface area contributed by atoms with Gasteiger partial charge in [0, 0.05) is 24.2 Å². The van der Waals surface area contributed by atoms with Gasteiger partial charge in [0.2, 0.25) is 5.91 Å². The SMILES string of the molecule is CCN(Cc1cccc(C(N)=O)c1)C1CCC(N)CC1. The van der Waals surface area contributed by atoms with Gasteiger partial charge in [-0.05, 0) is 49.9 Å². The Balaban J connectivity index is 2.02. The molecule has 0 heterocycles. The van der Waals surface area contributed by atoms with Crippen LogP contribution in [-0.4, -0.2) is 29.4 Å². The van der Waals surface area contributed by atoms with Gasteiger partial charge in [0.25, 0.3) is 0 Å². The predicted octanol–water partition coefficient (Wildman–Crippen LogP) is 1.88. The fraction of sp³-hybridized carbons (Fsp3) is 0.562. The molecular formula is C16H25N3O. The Bertz CT molecular complexity index is 453. The molecule has 0 aromatic heterocycles. The second-order valence-electron chi connectivity index (χ2n) is 5.70. The summed E-state index contributed by atoms with van der Waals surface area (Å²) in [4.78, 5) is 13.7. The smallest absolute Gasteiger partial charge is 0.248 e. The molecule has 4 N–H and O–H groups in total. The van der Waals surface area contributed by atoms with Crippen LogP contribution in [0.1, 0.15) is 48.5 Å². The number of carbonyl (C=O) groups excluding carboxylic acids is 1. The van der Waals surface area contributed by atoms with E-state index in [0.717, 1.165) is 31.5 Å². The highest BCUT2D eigenvalue weighted by atomic mass is 16.1. The average molecular weight is 275 g/mol. The van der Waals surface area contributed by atoms with Crippen molar-refractivity contribution in [3.05, 3.63) is 35.4 Å². The summed E-state index contributed by atoms with van der Waals surface area (Å²) in [7, 11) is 0. The molecule has 4 heteroatoms. The standard InChI is InChI=1S/C16H25N3O/c1-2-19(15-8-6-14(17)7-9-15)11-12-4-3-5-13(10-12)16(18)20/h3-5,10,14-15H,2,6-9,11,17H2,1H3,(H2,18,20). The Morgan fingerprint density at radius 3 is 2.60 bits per heavy atom. The zero-order valence-corrected chi connectivity index (χ0v) is 12.2. The lowest BCUT2D eigenvalue weighted by Crippen LogP contribution is -2.40. The lowest BCUT2D eigenvalue weighted by atomic mass is 9.90. The van der Waals surface area contributed by atoms with Gasteiger partial charge in [0.05, 0.1) is 0 Å². The minimum atomic E-state index is -0.362. The van der Waals surface area contributed by atoms with Crippen molar-refractivity contribution in [2.75, 3.05) is 6.54 Å². The molecule has 0 bridgehead atoms. The van der Waals surface area contributed by atoms with Gasteiger partial charge in [0.15, 0.2) is 0 Å². The van der Waals surface area contributed by atoms with E-state index >= 15 is 0 Å². The molecule has 20 heavy (non-hydrogen) atoms. The van der Waals surface area contributed by atoms with Crippen LogP contribution in [0, 0.1) is 0 Å². The highest BCUT2D eigenvalue weighted by molar-refractivity contribution is 5.92. The number of nitrogens with two attached hydrogens (primary N) is 2. The van der Waals surface area contributed by atoms with Crippen LogP contribution in [0.5, 0.6) is 0 Å². The molecule has 2 rings (SSSR count). The molecule has 0 saturated heterocycles. The largest absolute Gasteiger partial charge is 0.366 e. The molecule has 1 aromatic carbocycles. The van der Waals surface area contributed by atoms with Gasteiger partial charge in [-0.3, -0.25) is 9.69 Å². The van der Waals surface area contributed by atoms with Crippen molar-refractivity contribution in [3.8, 4) is 0 Å². The Morgan fingerprint density at radius 1 is 1.30 bits per heavy atom. The highest BCUT2D eigenvalue weighted by Crippen LogP contribution is 2.23. The zero-order chi connectivity index (χ0) is 14.5. The summed E-state index contributed by atoms with van der Waals surface area (Å²) in [5, 5.41) is 0. The summed E-state index contributed by atoms with van der Waals surface area (Å²) in [6, 6.07) is 8.62. The number of nitrogens with zero attached hydrogens (tertiary/aromatic N) is 1. The second-order valence-corrected chi connectivity index (χ2v) is 5.70. The lowest BCUT2D eigenvalue weighted by Gasteiger charge is -2.35. The van der Waals surface area contributed by atoms with Gasteiger partial charge in [-0.1, -0.05) is 19.1 Å². The molecule has 1 amide bonds. The van der Waals surface area contributed by atoms with Crippen LogP contribution < -0.4 is 11.5 Å². The van der Waals surface area contributed by atoms with Crippen LogP contribution in [-0.2, 0) is 6.54 Å². The van der Waals surface area contributed by atoms with Gasteiger partial charge in [-0.15, -0.1) is 0 Å². The summed E-state index contributed by atoms with van der Waals surface area (Å²) >= 11 is 0. The molecule has 1 saturated carbocycles. The molecule has 1 aliphatic carbocycles. The first kappa shape index (κ1) is 15.0. The van der Waals surface area contributed by atoms with Crippen LogP contribution >= 0.6 is 0 Å². The zero-order valence-electron chi connectivity index (χ0n) is 12.2. The molecule has 4 nitrogen and oxygen atoms in total. The van der Waals surface area contributed by atoms with Gasteiger partial charge in [-0.2, -0.15) is 0 Å². The van der Waals surface area contributed by atoms with E-state index in [0.29, 0.717) is 17.6 Å². The number of benzene rings is 1. The quantitative estimate of drug-likeness (QED) is 0.861. The van der Waals surface area contributed by atoms with E-state index < -0.39 is 0 Å². The maximum absolute atomic E-state index is 11.2. The molecule has 0 spiro atoms. The molecule has 0 aliphatic heterocycles. The molecule has 1 aromatic rings. The summed E-state index contributed by atoms with van der Waals surface area (Å²) < 4.78 is 0. The van der Waals surface area contributed by atoms with Crippen LogP contribution in [0.25, 0.3) is 0 Å². The minimum Gasteiger partial charge on any atom is -0.366 e. The predicted molar refractivity (Wildman–Crippen MR) is 81.3 cm³/mol. The average Bonchev–Trinajstić information content (AvgIpc) is 2.46. The van der Waals surface area contributed by atoms with E-state index in [2.05, 4.69) is 17.9 Å². The van der Waals surface area contributed by atoms with Gasteiger partial charge in [-0.25, -0.2) is 0 Å². The normalized spacial score (nSPS) is 22.9. The van der Waals surface area contributed by atoms with Crippen LogP contribution in [0.2, 0.25) is 0 Å². The number of amides is 1. The highest BCUT2D eigenvalue weighted by Gasteiger charge is 2.23. The van der Waals surface area contributed by atoms with E-state index in [1.165, 1.54) is 12.8 Å². The number of rotatable bonds is 5. The minimum absolute atomic E-state index is 0.362. The van der Waals surface area contributed by atoms with E-state index in [1.54, 1.807) is 6.07 Å². The summed E-state index contributed by atoms with van der Waals surface area (Å²) in [6.07, 6.45) is 4.57. The lowest BCUT2D eigenvalue weighted by molar-refractivity contribution is 0.1000. The van der Waals surface area contributed by atoms with Gasteiger partial charge >= 0.3 is 0 Å². The van der Waals surface area contributed by atoms with Crippen molar-refractivity contribution in [3.63, 3.8) is 0 Å². The van der Waals surface area contributed by atoms with Crippen molar-refractivity contribution >= 4 is 5.91 Å². The summed E-state index contributed by atoms with van der Waals surface area (Å²) in [6.45, 7) is 4.07. The molecule has 110 valence electrons. The van der Waals surface area contributed by atoms with Crippen LogP contribution in [0.4, 0.5) is 0 Å². The number of carbonyl (C=O) groups is 1. The number of hydrogen-bond acceptors (Lipinski definition) is 3. The second kappa shape index (κ2) is 6.86. The van der Waals surface area contributed by atoms with Crippen molar-refractivity contribution in [2.24, 2.45) is 11.5 Å². The Morgan fingerprint density at radius 2 is 2.00 bits per heavy atom. The Labute approximate surface area is 121 Å². The first-order valence-corrected chi connectivity index (χ1v) is 7.48. The van der Waals surface area contributed by atoms with E-state index in [9.17, 15) is 4.79 Å².